The van der Waals surface area contributed by atoms with E-state index < -0.39 is 0 Å². The standard InChI is InChI=1S/C12H22N2O3/c1-13-4-2-10-6-12(7-10,14-15)9-17-11-3-5-16-8-11/h2,4,10-11,13-15H,3,5-9H2,1H3/b4-2-/t10?,11-,12?/m0/s1. The van der Waals surface area contributed by atoms with Gasteiger partial charge in [-0.25, -0.2) is 0 Å². The summed E-state index contributed by atoms with van der Waals surface area (Å²) in [6.45, 7) is 2.03. The number of hydrogen-bond acceptors (Lipinski definition) is 5. The van der Waals surface area contributed by atoms with Crippen LogP contribution in [0.5, 0.6) is 0 Å². The van der Waals surface area contributed by atoms with Crippen molar-refractivity contribution in [2.75, 3.05) is 26.9 Å². The zero-order valence-corrected chi connectivity index (χ0v) is 10.3. The summed E-state index contributed by atoms with van der Waals surface area (Å²) in [6.07, 6.45) is 7.06. The van der Waals surface area contributed by atoms with Gasteiger partial charge in [-0.15, -0.1) is 0 Å². The van der Waals surface area contributed by atoms with E-state index in [1.165, 1.54) is 0 Å². The van der Waals surface area contributed by atoms with E-state index in [0.29, 0.717) is 19.1 Å². The lowest BCUT2D eigenvalue weighted by Gasteiger charge is -2.45. The second-order valence-electron chi connectivity index (χ2n) is 5.00. The normalized spacial score (nSPS) is 37.3. The molecule has 0 aromatic rings. The molecular formula is C12H22N2O3. The average Bonchev–Trinajstić information content (AvgIpc) is 2.80. The lowest BCUT2D eigenvalue weighted by atomic mass is 9.69. The van der Waals surface area contributed by atoms with E-state index >= 15 is 0 Å². The molecule has 1 saturated heterocycles. The van der Waals surface area contributed by atoms with Gasteiger partial charge in [-0.05, 0) is 31.4 Å². The first-order chi connectivity index (χ1) is 8.28. The Morgan fingerprint density at radius 2 is 2.35 bits per heavy atom. The minimum Gasteiger partial charge on any atom is -0.394 e. The largest absolute Gasteiger partial charge is 0.394 e. The number of hydrogen-bond donors (Lipinski definition) is 3. The van der Waals surface area contributed by atoms with Crippen LogP contribution >= 0.6 is 0 Å². The van der Waals surface area contributed by atoms with Gasteiger partial charge in [0.05, 0.1) is 24.9 Å². The van der Waals surface area contributed by atoms with Crippen LogP contribution in [0.1, 0.15) is 19.3 Å². The Labute approximate surface area is 102 Å². The lowest BCUT2D eigenvalue weighted by Crippen LogP contribution is -2.57. The maximum absolute atomic E-state index is 9.25. The molecule has 0 amide bonds. The SMILES string of the molecule is CN/C=C\C1CC(CO[C@H]2CCOC2)(NO)C1. The summed E-state index contributed by atoms with van der Waals surface area (Å²) in [5, 5.41) is 12.2. The highest BCUT2D eigenvalue weighted by Crippen LogP contribution is 2.39. The smallest absolute Gasteiger partial charge is 0.0831 e. The third kappa shape index (κ3) is 3.19. The molecule has 1 aliphatic carbocycles. The highest BCUT2D eigenvalue weighted by molar-refractivity contribution is 5.06. The first-order valence-electron chi connectivity index (χ1n) is 6.22. The number of rotatable bonds is 6. The predicted molar refractivity (Wildman–Crippen MR) is 63.8 cm³/mol. The molecule has 5 heteroatoms. The van der Waals surface area contributed by atoms with Gasteiger partial charge in [0.2, 0.25) is 0 Å². The Kier molecular flexibility index (Phi) is 4.39. The van der Waals surface area contributed by atoms with E-state index in [0.717, 1.165) is 25.9 Å². The molecule has 2 fully saturated rings. The monoisotopic (exact) mass is 242 g/mol. The average molecular weight is 242 g/mol. The molecule has 0 aromatic carbocycles. The summed E-state index contributed by atoms with van der Waals surface area (Å²) in [5.41, 5.74) is 2.17. The summed E-state index contributed by atoms with van der Waals surface area (Å²) in [7, 11) is 1.88. The van der Waals surface area contributed by atoms with Crippen LogP contribution in [0.2, 0.25) is 0 Å². The van der Waals surface area contributed by atoms with Crippen molar-refractivity contribution in [2.45, 2.75) is 30.9 Å². The van der Waals surface area contributed by atoms with E-state index in [9.17, 15) is 5.21 Å². The molecule has 17 heavy (non-hydrogen) atoms. The van der Waals surface area contributed by atoms with Crippen LogP contribution in [0.25, 0.3) is 0 Å². The summed E-state index contributed by atoms with van der Waals surface area (Å²) < 4.78 is 11.0. The molecule has 1 atom stereocenters. The zero-order chi connectivity index (χ0) is 12.1. The first kappa shape index (κ1) is 12.8. The van der Waals surface area contributed by atoms with Crippen molar-refractivity contribution in [3.8, 4) is 0 Å². The quantitative estimate of drug-likeness (QED) is 0.597. The van der Waals surface area contributed by atoms with E-state index in [1.807, 2.05) is 13.2 Å². The molecule has 5 nitrogen and oxygen atoms in total. The Balaban J connectivity index is 1.72. The molecule has 2 rings (SSSR count). The number of hydroxylamine groups is 1. The van der Waals surface area contributed by atoms with Crippen LogP contribution in [0.3, 0.4) is 0 Å². The van der Waals surface area contributed by atoms with Crippen LogP contribution in [0.15, 0.2) is 12.3 Å². The van der Waals surface area contributed by atoms with Crippen molar-refractivity contribution < 1.29 is 14.7 Å². The Bertz CT molecular complexity index is 258. The fourth-order valence-corrected chi connectivity index (χ4v) is 2.48. The molecule has 1 heterocycles. The minimum absolute atomic E-state index is 0.201. The van der Waals surface area contributed by atoms with Crippen molar-refractivity contribution >= 4 is 0 Å². The second kappa shape index (κ2) is 5.82. The maximum Gasteiger partial charge on any atom is 0.0831 e. The lowest BCUT2D eigenvalue weighted by molar-refractivity contribution is -0.0840. The Morgan fingerprint density at radius 3 is 2.94 bits per heavy atom. The van der Waals surface area contributed by atoms with Crippen molar-refractivity contribution in [2.24, 2.45) is 5.92 Å². The molecule has 0 unspecified atom stereocenters. The van der Waals surface area contributed by atoms with Gasteiger partial charge in [0, 0.05) is 13.7 Å². The molecule has 98 valence electrons. The summed E-state index contributed by atoms with van der Waals surface area (Å²) in [5.74, 6) is 0.519. The van der Waals surface area contributed by atoms with Gasteiger partial charge in [-0.2, -0.15) is 5.48 Å². The third-order valence-electron chi connectivity index (χ3n) is 3.56. The second-order valence-corrected chi connectivity index (χ2v) is 5.00. The highest BCUT2D eigenvalue weighted by atomic mass is 16.5. The summed E-state index contributed by atoms with van der Waals surface area (Å²) in [6, 6.07) is 0. The van der Waals surface area contributed by atoms with Crippen LogP contribution in [-0.4, -0.2) is 43.7 Å². The number of nitrogens with one attached hydrogen (secondary N) is 2. The van der Waals surface area contributed by atoms with E-state index in [2.05, 4.69) is 16.9 Å². The predicted octanol–water partition coefficient (Wildman–Crippen LogP) is 0.653. The van der Waals surface area contributed by atoms with Crippen molar-refractivity contribution in [3.63, 3.8) is 0 Å². The molecule has 0 spiro atoms. The van der Waals surface area contributed by atoms with Gasteiger partial charge in [0.15, 0.2) is 0 Å². The fraction of sp³-hybridized carbons (Fsp3) is 0.833. The van der Waals surface area contributed by atoms with Crippen molar-refractivity contribution in [1.82, 2.24) is 10.8 Å². The van der Waals surface area contributed by atoms with Gasteiger partial charge >= 0.3 is 0 Å². The van der Waals surface area contributed by atoms with Gasteiger partial charge in [-0.3, -0.25) is 0 Å². The van der Waals surface area contributed by atoms with Crippen molar-refractivity contribution in [3.05, 3.63) is 12.3 Å². The fourth-order valence-electron chi connectivity index (χ4n) is 2.48. The summed E-state index contributed by atoms with van der Waals surface area (Å²) in [4.78, 5) is 0. The van der Waals surface area contributed by atoms with Crippen LogP contribution in [-0.2, 0) is 9.47 Å². The molecule has 1 saturated carbocycles. The zero-order valence-electron chi connectivity index (χ0n) is 10.3. The molecule has 0 aromatic heterocycles. The molecule has 3 N–H and O–H groups in total. The van der Waals surface area contributed by atoms with Crippen molar-refractivity contribution in [1.29, 1.82) is 0 Å². The Morgan fingerprint density at radius 1 is 1.53 bits per heavy atom. The maximum atomic E-state index is 9.25. The molecule has 2 aliphatic rings. The topological polar surface area (TPSA) is 62.8 Å². The van der Waals surface area contributed by atoms with E-state index in [4.69, 9.17) is 9.47 Å². The number of allylic oxidation sites excluding steroid dienone is 1. The van der Waals surface area contributed by atoms with Gasteiger partial charge in [-0.1, -0.05) is 6.08 Å². The Hall–Kier alpha value is -0.620. The van der Waals surface area contributed by atoms with Crippen LogP contribution in [0.4, 0.5) is 0 Å². The van der Waals surface area contributed by atoms with E-state index in [-0.39, 0.29) is 11.6 Å². The molecule has 1 aliphatic heterocycles. The highest BCUT2D eigenvalue weighted by Gasteiger charge is 2.43. The summed E-state index contributed by atoms with van der Waals surface area (Å²) >= 11 is 0. The third-order valence-corrected chi connectivity index (χ3v) is 3.56. The van der Waals surface area contributed by atoms with Gasteiger partial charge in [0.1, 0.15) is 0 Å². The number of ether oxygens (including phenoxy) is 2. The molecule has 0 bridgehead atoms. The van der Waals surface area contributed by atoms with Gasteiger partial charge in [0.25, 0.3) is 0 Å². The van der Waals surface area contributed by atoms with E-state index in [1.54, 1.807) is 0 Å². The minimum atomic E-state index is -0.259. The van der Waals surface area contributed by atoms with Crippen LogP contribution < -0.4 is 10.8 Å². The molecular weight excluding hydrogens is 220 g/mol. The van der Waals surface area contributed by atoms with Gasteiger partial charge < -0.3 is 20.0 Å². The molecule has 0 radical (unpaired) electrons. The van der Waals surface area contributed by atoms with Crippen LogP contribution in [0, 0.1) is 5.92 Å². The first-order valence-corrected chi connectivity index (χ1v) is 6.22.